The number of carbonyl (C=O) groups excluding carboxylic acids is 1. The maximum absolute atomic E-state index is 11.9. The molecule has 0 saturated heterocycles. The number of amides is 1. The quantitative estimate of drug-likeness (QED) is 0.870. The number of imidazole rings is 1. The number of nitrogen functional groups attached to an aromatic ring is 1. The average Bonchev–Trinajstić information content (AvgIpc) is 2.72. The van der Waals surface area contributed by atoms with Crippen molar-refractivity contribution in [2.75, 3.05) is 19.4 Å². The summed E-state index contributed by atoms with van der Waals surface area (Å²) in [5.74, 6) is 0.953. The van der Waals surface area contributed by atoms with E-state index in [4.69, 9.17) is 10.5 Å². The van der Waals surface area contributed by atoms with Gasteiger partial charge in [0.1, 0.15) is 11.8 Å². The fourth-order valence-corrected chi connectivity index (χ4v) is 2.07. The van der Waals surface area contributed by atoms with E-state index in [9.17, 15) is 4.79 Å². The lowest BCUT2D eigenvalue weighted by Gasteiger charge is -2.15. The van der Waals surface area contributed by atoms with Crippen molar-refractivity contribution in [1.29, 1.82) is 0 Å². The summed E-state index contributed by atoms with van der Waals surface area (Å²) in [7, 11) is 1.60. The zero-order valence-corrected chi connectivity index (χ0v) is 11.3. The van der Waals surface area contributed by atoms with Crippen LogP contribution in [0.1, 0.15) is 19.9 Å². The van der Waals surface area contributed by atoms with E-state index in [0.717, 1.165) is 5.52 Å². The highest BCUT2D eigenvalue weighted by Gasteiger charge is 2.19. The van der Waals surface area contributed by atoms with Crippen LogP contribution >= 0.6 is 0 Å². The second kappa shape index (κ2) is 5.17. The first-order chi connectivity index (χ1) is 9.08. The zero-order chi connectivity index (χ0) is 14.0. The molecule has 6 nitrogen and oxygen atoms in total. The van der Waals surface area contributed by atoms with Gasteiger partial charge >= 0.3 is 0 Å². The first-order valence-electron chi connectivity index (χ1n) is 6.17. The number of nitrogens with zero attached hydrogens (tertiary/aromatic N) is 2. The van der Waals surface area contributed by atoms with E-state index in [-0.39, 0.29) is 5.91 Å². The van der Waals surface area contributed by atoms with Gasteiger partial charge in [0.25, 0.3) is 0 Å². The molecular formula is C13H18N4O2. The molecule has 0 aliphatic carbocycles. The summed E-state index contributed by atoms with van der Waals surface area (Å²) in [6, 6.07) is 5.07. The third kappa shape index (κ3) is 2.33. The van der Waals surface area contributed by atoms with Gasteiger partial charge in [-0.05, 0) is 26.0 Å². The molecule has 0 aliphatic heterocycles. The Kier molecular flexibility index (Phi) is 3.59. The van der Waals surface area contributed by atoms with E-state index < -0.39 is 6.04 Å². The third-order valence-corrected chi connectivity index (χ3v) is 3.04. The molecule has 0 bridgehead atoms. The summed E-state index contributed by atoms with van der Waals surface area (Å²) in [4.78, 5) is 16.2. The molecule has 0 spiro atoms. The molecule has 1 aromatic heterocycles. The highest BCUT2D eigenvalue weighted by molar-refractivity contribution is 5.86. The van der Waals surface area contributed by atoms with E-state index in [2.05, 4.69) is 10.3 Å². The molecule has 1 atom stereocenters. The van der Waals surface area contributed by atoms with Crippen molar-refractivity contribution in [2.24, 2.45) is 0 Å². The predicted octanol–water partition coefficient (Wildman–Crippen LogP) is 1.32. The van der Waals surface area contributed by atoms with Crippen LogP contribution in [0.3, 0.4) is 0 Å². The number of carbonyl (C=O) groups is 1. The fraction of sp³-hybridized carbons (Fsp3) is 0.385. The number of anilines is 1. The summed E-state index contributed by atoms with van der Waals surface area (Å²) in [6.07, 6.45) is 0. The average molecular weight is 262 g/mol. The molecule has 1 amide bonds. The SMILES string of the molecule is CCNC(=O)C(C)n1c(N)nc2cc(OC)ccc21. The number of hydrogen-bond donors (Lipinski definition) is 2. The van der Waals surface area contributed by atoms with Crippen LogP contribution in [0.2, 0.25) is 0 Å². The van der Waals surface area contributed by atoms with Crippen LogP contribution in [0, 0.1) is 0 Å². The number of aromatic nitrogens is 2. The maximum Gasteiger partial charge on any atom is 0.242 e. The first-order valence-corrected chi connectivity index (χ1v) is 6.17. The van der Waals surface area contributed by atoms with E-state index >= 15 is 0 Å². The Morgan fingerprint density at radius 2 is 2.32 bits per heavy atom. The number of hydrogen-bond acceptors (Lipinski definition) is 4. The molecule has 6 heteroatoms. The summed E-state index contributed by atoms with van der Waals surface area (Å²) in [6.45, 7) is 4.26. The molecule has 1 aromatic carbocycles. The minimum atomic E-state index is -0.404. The molecule has 19 heavy (non-hydrogen) atoms. The van der Waals surface area contributed by atoms with Gasteiger partial charge in [-0.1, -0.05) is 0 Å². The number of methoxy groups -OCH3 is 1. The normalized spacial score (nSPS) is 12.4. The molecule has 0 saturated carbocycles. The number of nitrogens with two attached hydrogens (primary N) is 1. The van der Waals surface area contributed by atoms with Gasteiger partial charge in [-0.2, -0.15) is 0 Å². The number of rotatable bonds is 4. The number of ether oxygens (including phenoxy) is 1. The number of nitrogens with one attached hydrogen (secondary N) is 1. The Hall–Kier alpha value is -2.24. The molecule has 0 fully saturated rings. The number of fused-ring (bicyclic) bond motifs is 1. The summed E-state index contributed by atoms with van der Waals surface area (Å²) >= 11 is 0. The van der Waals surface area contributed by atoms with E-state index in [0.29, 0.717) is 23.8 Å². The molecular weight excluding hydrogens is 244 g/mol. The summed E-state index contributed by atoms with van der Waals surface area (Å²) in [5, 5.41) is 2.78. The van der Waals surface area contributed by atoms with Gasteiger partial charge in [0.05, 0.1) is 18.1 Å². The van der Waals surface area contributed by atoms with Gasteiger partial charge in [-0.15, -0.1) is 0 Å². The van der Waals surface area contributed by atoms with E-state index in [1.54, 1.807) is 24.7 Å². The van der Waals surface area contributed by atoms with Crippen molar-refractivity contribution < 1.29 is 9.53 Å². The zero-order valence-electron chi connectivity index (χ0n) is 11.3. The smallest absolute Gasteiger partial charge is 0.242 e. The van der Waals surface area contributed by atoms with Crippen LogP contribution in [0.25, 0.3) is 11.0 Å². The number of benzene rings is 1. The second-order valence-corrected chi connectivity index (χ2v) is 4.27. The van der Waals surface area contributed by atoms with Crippen LogP contribution in [0.15, 0.2) is 18.2 Å². The molecule has 1 unspecified atom stereocenters. The molecule has 102 valence electrons. The Morgan fingerprint density at radius 1 is 1.58 bits per heavy atom. The van der Waals surface area contributed by atoms with Crippen molar-refractivity contribution in [3.8, 4) is 5.75 Å². The molecule has 1 heterocycles. The van der Waals surface area contributed by atoms with E-state index in [1.165, 1.54) is 0 Å². The maximum atomic E-state index is 11.9. The van der Waals surface area contributed by atoms with Crippen LogP contribution < -0.4 is 15.8 Å². The Bertz CT molecular complexity index is 606. The van der Waals surface area contributed by atoms with Gasteiger partial charge in [-0.3, -0.25) is 9.36 Å². The van der Waals surface area contributed by atoms with Gasteiger partial charge in [0.15, 0.2) is 0 Å². The summed E-state index contributed by atoms with van der Waals surface area (Å²) in [5.41, 5.74) is 7.44. The predicted molar refractivity (Wildman–Crippen MR) is 74.1 cm³/mol. The van der Waals surface area contributed by atoms with Gasteiger partial charge in [-0.25, -0.2) is 4.98 Å². The Labute approximate surface area is 111 Å². The van der Waals surface area contributed by atoms with Crippen molar-refractivity contribution in [3.05, 3.63) is 18.2 Å². The van der Waals surface area contributed by atoms with Crippen molar-refractivity contribution in [2.45, 2.75) is 19.9 Å². The fourth-order valence-electron chi connectivity index (χ4n) is 2.07. The molecule has 2 aromatic rings. The first kappa shape index (κ1) is 13.2. The molecule has 3 N–H and O–H groups in total. The minimum absolute atomic E-state index is 0.0793. The van der Waals surface area contributed by atoms with Crippen molar-refractivity contribution in [1.82, 2.24) is 14.9 Å². The topological polar surface area (TPSA) is 82.2 Å². The van der Waals surface area contributed by atoms with Gasteiger partial charge in [0, 0.05) is 12.6 Å². The molecule has 2 rings (SSSR count). The van der Waals surface area contributed by atoms with Gasteiger partial charge < -0.3 is 15.8 Å². The van der Waals surface area contributed by atoms with Crippen LogP contribution in [0.5, 0.6) is 5.75 Å². The lowest BCUT2D eigenvalue weighted by molar-refractivity contribution is -0.123. The lowest BCUT2D eigenvalue weighted by Crippen LogP contribution is -2.31. The van der Waals surface area contributed by atoms with Crippen LogP contribution in [-0.2, 0) is 4.79 Å². The Balaban J connectivity index is 2.48. The monoisotopic (exact) mass is 262 g/mol. The Morgan fingerprint density at radius 3 is 2.95 bits per heavy atom. The molecule has 0 radical (unpaired) electrons. The van der Waals surface area contributed by atoms with Crippen LogP contribution in [0.4, 0.5) is 5.95 Å². The van der Waals surface area contributed by atoms with E-state index in [1.807, 2.05) is 19.1 Å². The van der Waals surface area contributed by atoms with Crippen LogP contribution in [-0.4, -0.2) is 29.1 Å². The second-order valence-electron chi connectivity index (χ2n) is 4.27. The standard InChI is InChI=1S/C13H18N4O2/c1-4-15-12(18)8(2)17-11-6-5-9(19-3)7-10(11)16-13(17)14/h5-8H,4H2,1-3H3,(H2,14,16)(H,15,18). The molecule has 0 aliphatic rings. The third-order valence-electron chi connectivity index (χ3n) is 3.04. The summed E-state index contributed by atoms with van der Waals surface area (Å²) < 4.78 is 6.87. The largest absolute Gasteiger partial charge is 0.497 e. The van der Waals surface area contributed by atoms with Gasteiger partial charge in [0.2, 0.25) is 11.9 Å². The highest BCUT2D eigenvalue weighted by Crippen LogP contribution is 2.26. The minimum Gasteiger partial charge on any atom is -0.497 e. The lowest BCUT2D eigenvalue weighted by atomic mass is 10.2. The van der Waals surface area contributed by atoms with Crippen molar-refractivity contribution in [3.63, 3.8) is 0 Å². The number of likely N-dealkylation sites (N-methyl/N-ethyl adjacent to an activating group) is 1. The highest BCUT2D eigenvalue weighted by atomic mass is 16.5. The van der Waals surface area contributed by atoms with Crippen molar-refractivity contribution >= 4 is 22.9 Å².